The Bertz CT molecular complexity index is 492. The van der Waals surface area contributed by atoms with Gasteiger partial charge in [0.15, 0.2) is 0 Å². The van der Waals surface area contributed by atoms with Crippen molar-refractivity contribution in [2.24, 2.45) is 0 Å². The third kappa shape index (κ3) is 3.24. The Balaban J connectivity index is 1.52. The van der Waals surface area contributed by atoms with Crippen molar-refractivity contribution < 1.29 is 0 Å². The Morgan fingerprint density at radius 1 is 0.842 bits per heavy atom. The molecule has 1 saturated heterocycles. The van der Waals surface area contributed by atoms with Crippen molar-refractivity contribution in [3.63, 3.8) is 0 Å². The Kier molecular flexibility index (Phi) is 3.95. The molecule has 0 spiro atoms. The molecule has 2 aromatic carbocycles. The minimum Gasteiger partial charge on any atom is -0.307 e. The van der Waals surface area contributed by atoms with Gasteiger partial charge in [0.05, 0.1) is 0 Å². The lowest BCUT2D eigenvalue weighted by Crippen LogP contribution is -2.24. The fraction of sp³-hybridized carbons (Fsp3) is 0.333. The van der Waals surface area contributed by atoms with Crippen LogP contribution < -0.4 is 5.32 Å². The summed E-state index contributed by atoms with van der Waals surface area (Å²) in [4.78, 5) is 0. The highest BCUT2D eigenvalue weighted by Crippen LogP contribution is 2.28. The van der Waals surface area contributed by atoms with E-state index in [0.29, 0.717) is 12.1 Å². The fourth-order valence-electron chi connectivity index (χ4n) is 2.98. The predicted molar refractivity (Wildman–Crippen MR) is 80.1 cm³/mol. The number of nitrogens with one attached hydrogen (secondary N) is 1. The van der Waals surface area contributed by atoms with Gasteiger partial charge >= 0.3 is 0 Å². The molecule has 0 aliphatic carbocycles. The maximum atomic E-state index is 3.78. The summed E-state index contributed by atoms with van der Waals surface area (Å²) in [6, 6.07) is 22.8. The van der Waals surface area contributed by atoms with Crippen LogP contribution in [0.1, 0.15) is 36.4 Å². The number of rotatable bonds is 4. The van der Waals surface area contributed by atoms with Gasteiger partial charge in [-0.05, 0) is 36.8 Å². The quantitative estimate of drug-likeness (QED) is 0.862. The summed E-state index contributed by atoms with van der Waals surface area (Å²) >= 11 is 0. The molecular formula is C18H21N. The third-order valence-electron chi connectivity index (χ3n) is 4.07. The van der Waals surface area contributed by atoms with Crippen LogP contribution in [0.5, 0.6) is 0 Å². The molecule has 1 nitrogen and oxygen atoms in total. The highest BCUT2D eigenvalue weighted by atomic mass is 15.0. The van der Waals surface area contributed by atoms with E-state index in [1.54, 1.807) is 0 Å². The summed E-state index contributed by atoms with van der Waals surface area (Å²) in [5, 5.41) is 3.78. The molecule has 3 rings (SSSR count). The van der Waals surface area contributed by atoms with E-state index < -0.39 is 0 Å². The molecule has 2 aromatic rings. The molecule has 0 amide bonds. The summed E-state index contributed by atoms with van der Waals surface area (Å²) in [7, 11) is 0. The lowest BCUT2D eigenvalue weighted by Gasteiger charge is -2.14. The van der Waals surface area contributed by atoms with Crippen LogP contribution in [0.4, 0.5) is 0 Å². The van der Waals surface area contributed by atoms with Crippen molar-refractivity contribution in [3.8, 4) is 0 Å². The average Bonchev–Trinajstić information content (AvgIpc) is 2.96. The molecule has 1 heterocycles. The Labute approximate surface area is 115 Å². The molecule has 0 aromatic heterocycles. The number of aryl methyl sites for hydroxylation is 1. The van der Waals surface area contributed by atoms with E-state index in [9.17, 15) is 0 Å². The first-order valence-corrected chi connectivity index (χ1v) is 7.27. The standard InChI is InChI=1S/C18H21N/c1-3-7-15(8-4-1)11-12-17-13-14-18(19-17)16-9-5-2-6-10-16/h1-10,17-19H,11-14H2/t17-,18-/m0/s1. The molecule has 0 radical (unpaired) electrons. The van der Waals surface area contributed by atoms with Gasteiger partial charge in [0, 0.05) is 12.1 Å². The van der Waals surface area contributed by atoms with Crippen LogP contribution in [0, 0.1) is 0 Å². The molecule has 0 unspecified atom stereocenters. The molecule has 0 bridgehead atoms. The monoisotopic (exact) mass is 251 g/mol. The zero-order valence-electron chi connectivity index (χ0n) is 11.3. The summed E-state index contributed by atoms with van der Waals surface area (Å²) in [6.07, 6.45) is 4.99. The van der Waals surface area contributed by atoms with Crippen LogP contribution in [0.25, 0.3) is 0 Å². The molecule has 98 valence electrons. The van der Waals surface area contributed by atoms with E-state index >= 15 is 0 Å². The van der Waals surface area contributed by atoms with E-state index in [1.165, 1.54) is 36.8 Å². The molecule has 1 N–H and O–H groups in total. The largest absolute Gasteiger partial charge is 0.307 e. The van der Waals surface area contributed by atoms with Crippen LogP contribution in [-0.2, 0) is 6.42 Å². The number of hydrogen-bond acceptors (Lipinski definition) is 1. The topological polar surface area (TPSA) is 12.0 Å². The van der Waals surface area contributed by atoms with E-state index in [4.69, 9.17) is 0 Å². The van der Waals surface area contributed by atoms with Gasteiger partial charge in [0.25, 0.3) is 0 Å². The van der Waals surface area contributed by atoms with Gasteiger partial charge in [0.1, 0.15) is 0 Å². The highest BCUT2D eigenvalue weighted by molar-refractivity contribution is 5.20. The van der Waals surface area contributed by atoms with Gasteiger partial charge in [-0.2, -0.15) is 0 Å². The van der Waals surface area contributed by atoms with Gasteiger partial charge < -0.3 is 5.32 Å². The summed E-state index contributed by atoms with van der Waals surface area (Å²) < 4.78 is 0. The highest BCUT2D eigenvalue weighted by Gasteiger charge is 2.24. The van der Waals surface area contributed by atoms with Gasteiger partial charge in [-0.3, -0.25) is 0 Å². The van der Waals surface area contributed by atoms with Crippen molar-refractivity contribution in [1.82, 2.24) is 5.32 Å². The minimum atomic E-state index is 0.557. The van der Waals surface area contributed by atoms with E-state index in [2.05, 4.69) is 66.0 Å². The molecule has 0 saturated carbocycles. The Morgan fingerprint density at radius 2 is 1.53 bits per heavy atom. The first-order valence-electron chi connectivity index (χ1n) is 7.27. The number of benzene rings is 2. The molecule has 2 atom stereocenters. The van der Waals surface area contributed by atoms with Crippen molar-refractivity contribution in [2.75, 3.05) is 0 Å². The molecular weight excluding hydrogens is 230 g/mol. The van der Waals surface area contributed by atoms with Crippen LogP contribution >= 0.6 is 0 Å². The van der Waals surface area contributed by atoms with Crippen molar-refractivity contribution >= 4 is 0 Å². The summed E-state index contributed by atoms with van der Waals surface area (Å²) in [5.41, 5.74) is 2.89. The molecule has 1 heteroatoms. The van der Waals surface area contributed by atoms with Crippen molar-refractivity contribution in [3.05, 3.63) is 71.8 Å². The lowest BCUT2D eigenvalue weighted by atomic mass is 10.0. The van der Waals surface area contributed by atoms with Crippen LogP contribution in [0.3, 0.4) is 0 Å². The van der Waals surface area contributed by atoms with E-state index in [-0.39, 0.29) is 0 Å². The molecule has 1 fully saturated rings. The SMILES string of the molecule is c1ccc(CC[C@H]2CC[C@@H](c3ccccc3)N2)cc1. The maximum Gasteiger partial charge on any atom is 0.0323 e. The van der Waals surface area contributed by atoms with Gasteiger partial charge in [-0.25, -0.2) is 0 Å². The van der Waals surface area contributed by atoms with Crippen LogP contribution in [0.15, 0.2) is 60.7 Å². The zero-order chi connectivity index (χ0) is 12.9. The summed E-state index contributed by atoms with van der Waals surface area (Å²) in [5.74, 6) is 0. The second kappa shape index (κ2) is 6.03. The lowest BCUT2D eigenvalue weighted by molar-refractivity contribution is 0.521. The average molecular weight is 251 g/mol. The van der Waals surface area contributed by atoms with Crippen LogP contribution in [0.2, 0.25) is 0 Å². The van der Waals surface area contributed by atoms with E-state index in [0.717, 1.165) is 0 Å². The first kappa shape index (κ1) is 12.4. The second-order valence-electron chi connectivity index (χ2n) is 5.43. The molecule has 19 heavy (non-hydrogen) atoms. The smallest absolute Gasteiger partial charge is 0.0323 e. The maximum absolute atomic E-state index is 3.78. The van der Waals surface area contributed by atoms with Crippen LogP contribution in [-0.4, -0.2) is 6.04 Å². The van der Waals surface area contributed by atoms with Gasteiger partial charge in [-0.15, -0.1) is 0 Å². The first-order chi connectivity index (χ1) is 9.42. The van der Waals surface area contributed by atoms with Crippen molar-refractivity contribution in [2.45, 2.75) is 37.8 Å². The Morgan fingerprint density at radius 3 is 2.26 bits per heavy atom. The van der Waals surface area contributed by atoms with E-state index in [1.807, 2.05) is 0 Å². The van der Waals surface area contributed by atoms with Gasteiger partial charge in [0.2, 0.25) is 0 Å². The van der Waals surface area contributed by atoms with Gasteiger partial charge in [-0.1, -0.05) is 60.7 Å². The number of hydrogen-bond donors (Lipinski definition) is 1. The summed E-state index contributed by atoms with van der Waals surface area (Å²) in [6.45, 7) is 0. The Hall–Kier alpha value is -1.60. The third-order valence-corrected chi connectivity index (χ3v) is 4.07. The predicted octanol–water partition coefficient (Wildman–Crippen LogP) is 4.11. The van der Waals surface area contributed by atoms with Crippen molar-refractivity contribution in [1.29, 1.82) is 0 Å². The molecule has 1 aliphatic rings. The normalized spacial score (nSPS) is 22.5. The second-order valence-corrected chi connectivity index (χ2v) is 5.43. The minimum absolute atomic E-state index is 0.557. The zero-order valence-corrected chi connectivity index (χ0v) is 11.3. The molecule has 1 aliphatic heterocycles. The fourth-order valence-corrected chi connectivity index (χ4v) is 2.98.